The highest BCUT2D eigenvalue weighted by molar-refractivity contribution is 7.99. The van der Waals surface area contributed by atoms with E-state index in [-0.39, 0.29) is 0 Å². The highest BCUT2D eigenvalue weighted by atomic mass is 32.2. The molecule has 0 fully saturated rings. The third-order valence-electron chi connectivity index (χ3n) is 2.64. The Hall–Kier alpha value is -1.87. The fourth-order valence-corrected chi connectivity index (χ4v) is 2.37. The Bertz CT molecular complexity index is 522. The van der Waals surface area contributed by atoms with Gasteiger partial charge in [0.05, 0.1) is 0 Å². The van der Waals surface area contributed by atoms with Gasteiger partial charge >= 0.3 is 0 Å². The van der Waals surface area contributed by atoms with Gasteiger partial charge in [0.1, 0.15) is 5.75 Å². The van der Waals surface area contributed by atoms with Crippen molar-refractivity contribution in [3.63, 3.8) is 0 Å². The summed E-state index contributed by atoms with van der Waals surface area (Å²) < 4.78 is 0. The Kier molecular flexibility index (Phi) is 4.93. The molecule has 0 amide bonds. The first-order valence-corrected chi connectivity index (χ1v) is 7.10. The van der Waals surface area contributed by atoms with Gasteiger partial charge in [-0.05, 0) is 29.8 Å². The van der Waals surface area contributed by atoms with Crippen LogP contribution in [0, 0.1) is 0 Å². The van der Waals surface area contributed by atoms with Crippen LogP contribution in [0.1, 0.15) is 5.56 Å². The molecule has 0 heterocycles. The number of phenols is 1. The maximum atomic E-state index is 9.20. The number of phenolic OH excluding ortho intramolecular Hbond substituents is 1. The van der Waals surface area contributed by atoms with Crippen LogP contribution < -0.4 is 5.32 Å². The first-order valence-electron chi connectivity index (χ1n) is 6.11. The lowest BCUT2D eigenvalue weighted by Crippen LogP contribution is -2.13. The molecule has 2 N–H and O–H groups in total. The first kappa shape index (κ1) is 13.6. The Morgan fingerprint density at radius 3 is 2.42 bits per heavy atom. The van der Waals surface area contributed by atoms with Gasteiger partial charge in [-0.25, -0.2) is 0 Å². The van der Waals surface area contributed by atoms with Crippen molar-refractivity contribution >= 4 is 11.8 Å². The normalized spacial score (nSPS) is 10.1. The Morgan fingerprint density at radius 1 is 1.05 bits per heavy atom. The molecule has 0 aliphatic rings. The Labute approximate surface area is 118 Å². The maximum Gasteiger partial charge on any atom is 0.115 e. The average Bonchev–Trinajstić information content (AvgIpc) is 2.45. The van der Waals surface area contributed by atoms with Crippen molar-refractivity contribution in [3.05, 3.63) is 72.4 Å². The molecule has 0 aliphatic carbocycles. The van der Waals surface area contributed by atoms with Crippen LogP contribution in [0.5, 0.6) is 5.75 Å². The van der Waals surface area contributed by atoms with E-state index in [1.165, 1.54) is 4.90 Å². The number of aromatic hydroxyl groups is 1. The summed E-state index contributed by atoms with van der Waals surface area (Å²) in [6, 6.07) is 17.5. The zero-order valence-electron chi connectivity index (χ0n) is 10.7. The molecule has 2 aromatic rings. The van der Waals surface area contributed by atoms with Gasteiger partial charge in [0.2, 0.25) is 0 Å². The van der Waals surface area contributed by atoms with Crippen molar-refractivity contribution in [2.24, 2.45) is 0 Å². The van der Waals surface area contributed by atoms with E-state index in [0.29, 0.717) is 5.75 Å². The zero-order chi connectivity index (χ0) is 13.5. The number of hydrogen-bond acceptors (Lipinski definition) is 3. The quantitative estimate of drug-likeness (QED) is 0.784. The van der Waals surface area contributed by atoms with E-state index >= 15 is 0 Å². The van der Waals surface area contributed by atoms with Crippen LogP contribution in [0.2, 0.25) is 0 Å². The fraction of sp³-hybridized carbons (Fsp3) is 0.125. The van der Waals surface area contributed by atoms with E-state index in [0.717, 1.165) is 23.6 Å². The molecule has 2 rings (SSSR count). The number of thioether (sulfide) groups is 1. The molecule has 3 heteroatoms. The highest BCUT2D eigenvalue weighted by Crippen LogP contribution is 2.18. The SMILES string of the molecule is C=C(CSc1ccccc1)NCc1ccc(O)cc1. The molecule has 0 aromatic heterocycles. The van der Waals surface area contributed by atoms with Gasteiger partial charge in [-0.15, -0.1) is 11.8 Å². The Morgan fingerprint density at radius 2 is 1.74 bits per heavy atom. The third kappa shape index (κ3) is 4.72. The first-order chi connectivity index (χ1) is 9.24. The predicted molar refractivity (Wildman–Crippen MR) is 81.3 cm³/mol. The van der Waals surface area contributed by atoms with Crippen molar-refractivity contribution in [1.29, 1.82) is 0 Å². The zero-order valence-corrected chi connectivity index (χ0v) is 11.5. The van der Waals surface area contributed by atoms with Gasteiger partial charge in [-0.2, -0.15) is 0 Å². The number of hydrogen-bond donors (Lipinski definition) is 2. The Balaban J connectivity index is 1.74. The molecular weight excluding hydrogens is 254 g/mol. The molecule has 19 heavy (non-hydrogen) atoms. The maximum absolute atomic E-state index is 9.20. The average molecular weight is 271 g/mol. The van der Waals surface area contributed by atoms with Gasteiger partial charge in [0.15, 0.2) is 0 Å². The van der Waals surface area contributed by atoms with Crippen molar-refractivity contribution in [3.8, 4) is 5.75 Å². The van der Waals surface area contributed by atoms with E-state index in [4.69, 9.17) is 0 Å². The van der Waals surface area contributed by atoms with Crippen LogP contribution in [0.4, 0.5) is 0 Å². The fourth-order valence-electron chi connectivity index (χ4n) is 1.58. The number of rotatable bonds is 6. The molecule has 0 saturated heterocycles. The molecule has 98 valence electrons. The third-order valence-corrected chi connectivity index (χ3v) is 3.73. The van der Waals surface area contributed by atoms with Gasteiger partial charge in [-0.3, -0.25) is 0 Å². The number of benzene rings is 2. The summed E-state index contributed by atoms with van der Waals surface area (Å²) in [5, 5.41) is 12.5. The minimum Gasteiger partial charge on any atom is -0.508 e. The van der Waals surface area contributed by atoms with E-state index in [2.05, 4.69) is 24.0 Å². The van der Waals surface area contributed by atoms with Crippen LogP contribution in [0.25, 0.3) is 0 Å². The topological polar surface area (TPSA) is 32.3 Å². The summed E-state index contributed by atoms with van der Waals surface area (Å²) in [6.45, 7) is 4.75. The second-order valence-corrected chi connectivity index (χ2v) is 5.27. The van der Waals surface area contributed by atoms with Gasteiger partial charge in [-0.1, -0.05) is 36.9 Å². The van der Waals surface area contributed by atoms with Crippen LogP contribution in [-0.4, -0.2) is 10.9 Å². The van der Waals surface area contributed by atoms with Gasteiger partial charge in [0, 0.05) is 22.9 Å². The number of nitrogens with one attached hydrogen (secondary N) is 1. The lowest BCUT2D eigenvalue weighted by atomic mass is 10.2. The summed E-state index contributed by atoms with van der Waals surface area (Å²) in [7, 11) is 0. The molecule has 0 radical (unpaired) electrons. The van der Waals surface area contributed by atoms with Crippen molar-refractivity contribution in [2.75, 3.05) is 5.75 Å². The van der Waals surface area contributed by atoms with Crippen LogP contribution in [0.3, 0.4) is 0 Å². The highest BCUT2D eigenvalue weighted by Gasteiger charge is 1.98. The van der Waals surface area contributed by atoms with E-state index in [1.54, 1.807) is 23.9 Å². The monoisotopic (exact) mass is 271 g/mol. The predicted octanol–water partition coefficient (Wildman–Crippen LogP) is 3.79. The summed E-state index contributed by atoms with van der Waals surface area (Å²) in [4.78, 5) is 1.25. The van der Waals surface area contributed by atoms with Gasteiger partial charge < -0.3 is 10.4 Å². The summed E-state index contributed by atoms with van der Waals surface area (Å²) in [5.41, 5.74) is 2.13. The van der Waals surface area contributed by atoms with Crippen molar-refractivity contribution in [1.82, 2.24) is 5.32 Å². The minimum atomic E-state index is 0.294. The minimum absolute atomic E-state index is 0.294. The van der Waals surface area contributed by atoms with Crippen LogP contribution >= 0.6 is 11.8 Å². The summed E-state index contributed by atoms with van der Waals surface area (Å²) in [5.74, 6) is 1.14. The molecule has 0 spiro atoms. The largest absolute Gasteiger partial charge is 0.508 e. The lowest BCUT2D eigenvalue weighted by molar-refractivity contribution is 0.475. The smallest absolute Gasteiger partial charge is 0.115 e. The molecule has 0 aliphatic heterocycles. The molecule has 0 unspecified atom stereocenters. The summed E-state index contributed by atoms with van der Waals surface area (Å²) >= 11 is 1.76. The van der Waals surface area contributed by atoms with Crippen molar-refractivity contribution < 1.29 is 5.11 Å². The second kappa shape index (κ2) is 6.90. The molecule has 0 saturated carbocycles. The van der Waals surface area contributed by atoms with Crippen molar-refractivity contribution in [2.45, 2.75) is 11.4 Å². The molecule has 0 bridgehead atoms. The summed E-state index contributed by atoms with van der Waals surface area (Å²) in [6.07, 6.45) is 0. The van der Waals surface area contributed by atoms with Crippen LogP contribution in [0.15, 0.2) is 71.8 Å². The van der Waals surface area contributed by atoms with Crippen LogP contribution in [-0.2, 0) is 6.54 Å². The molecule has 2 aromatic carbocycles. The molecule has 0 atom stereocenters. The lowest BCUT2D eigenvalue weighted by Gasteiger charge is -2.09. The van der Waals surface area contributed by atoms with E-state index in [9.17, 15) is 5.11 Å². The van der Waals surface area contributed by atoms with E-state index < -0.39 is 0 Å². The standard InChI is InChI=1S/C16H17NOS/c1-13(12-19-16-5-3-2-4-6-16)17-11-14-7-9-15(18)10-8-14/h2-10,17-18H,1,11-12H2. The molecule has 2 nitrogen and oxygen atoms in total. The second-order valence-electron chi connectivity index (χ2n) is 4.23. The molecular formula is C16H17NOS. The van der Waals surface area contributed by atoms with Gasteiger partial charge in [0.25, 0.3) is 0 Å². The van der Waals surface area contributed by atoms with E-state index in [1.807, 2.05) is 30.3 Å².